The van der Waals surface area contributed by atoms with E-state index in [-0.39, 0.29) is 0 Å². The minimum atomic E-state index is -1.29. The van der Waals surface area contributed by atoms with Crippen LogP contribution in [0.25, 0.3) is 11.1 Å². The van der Waals surface area contributed by atoms with Crippen LogP contribution in [-0.4, -0.2) is 21.3 Å². The molecule has 0 unspecified atom stereocenters. The lowest BCUT2D eigenvalue weighted by molar-refractivity contribution is -0.0443. The average molecular weight is 461 g/mol. The first-order valence-corrected chi connectivity index (χ1v) is 16.4. The Morgan fingerprint density at radius 3 is 2.24 bits per heavy atom. The molecule has 2 saturated carbocycles. The SMILES string of the molecule is CC[Si](CC)(CC)c1ccc(-c2ccc3c(c2)CC[C@@H]2[C@@H]3CC[C@]3(C)[C@@H](OC)CC[C@@H]23)cc1. The zero-order valence-electron chi connectivity index (χ0n) is 21.6. The van der Waals surface area contributed by atoms with Crippen molar-refractivity contribution in [3.8, 4) is 11.1 Å². The number of fused-ring (bicyclic) bond motifs is 5. The van der Waals surface area contributed by atoms with Crippen LogP contribution in [0, 0.1) is 17.3 Å². The Labute approximate surface area is 203 Å². The zero-order chi connectivity index (χ0) is 23.2. The summed E-state index contributed by atoms with van der Waals surface area (Å²) in [5, 5.41) is 1.65. The van der Waals surface area contributed by atoms with Crippen molar-refractivity contribution >= 4 is 13.3 Å². The van der Waals surface area contributed by atoms with Gasteiger partial charge >= 0.3 is 0 Å². The van der Waals surface area contributed by atoms with E-state index in [0.29, 0.717) is 11.5 Å². The minimum absolute atomic E-state index is 0.406. The maximum Gasteiger partial charge on any atom is 0.0859 e. The van der Waals surface area contributed by atoms with Gasteiger partial charge in [-0.1, -0.05) is 93.5 Å². The van der Waals surface area contributed by atoms with Gasteiger partial charge in [0.2, 0.25) is 0 Å². The Bertz CT molecular complexity index is 967. The molecule has 2 aromatic carbocycles. The normalized spacial score (nSPS) is 31.1. The van der Waals surface area contributed by atoms with Crippen molar-refractivity contribution in [3.63, 3.8) is 0 Å². The van der Waals surface area contributed by atoms with Crippen molar-refractivity contribution in [1.29, 1.82) is 0 Å². The van der Waals surface area contributed by atoms with E-state index in [1.807, 2.05) is 7.11 Å². The molecule has 1 nitrogen and oxygen atoms in total. The number of aryl methyl sites for hydroxylation is 1. The van der Waals surface area contributed by atoms with Crippen LogP contribution in [0.1, 0.15) is 76.8 Å². The van der Waals surface area contributed by atoms with Gasteiger partial charge < -0.3 is 4.74 Å². The van der Waals surface area contributed by atoms with E-state index in [4.69, 9.17) is 4.74 Å². The molecule has 0 spiro atoms. The lowest BCUT2D eigenvalue weighted by Crippen LogP contribution is -2.45. The molecule has 3 aliphatic carbocycles. The molecule has 3 aliphatic rings. The fourth-order valence-electron chi connectivity index (χ4n) is 8.48. The van der Waals surface area contributed by atoms with Gasteiger partial charge in [-0.25, -0.2) is 0 Å². The predicted octanol–water partition coefficient (Wildman–Crippen LogP) is 7.94. The van der Waals surface area contributed by atoms with E-state index in [0.717, 1.165) is 17.8 Å². The summed E-state index contributed by atoms with van der Waals surface area (Å²) in [7, 11) is 0.640. The van der Waals surface area contributed by atoms with E-state index in [9.17, 15) is 0 Å². The molecule has 0 N–H and O–H groups in total. The lowest BCUT2D eigenvalue weighted by Gasteiger charge is -2.50. The number of rotatable bonds is 6. The zero-order valence-corrected chi connectivity index (χ0v) is 22.6. The van der Waals surface area contributed by atoms with Crippen molar-refractivity contribution in [2.75, 3.05) is 7.11 Å². The van der Waals surface area contributed by atoms with Gasteiger partial charge in [-0.15, -0.1) is 0 Å². The van der Waals surface area contributed by atoms with Crippen molar-refractivity contribution in [1.82, 2.24) is 0 Å². The first-order valence-electron chi connectivity index (χ1n) is 13.8. The number of hydrogen-bond acceptors (Lipinski definition) is 1. The molecule has 2 fully saturated rings. The van der Waals surface area contributed by atoms with Crippen molar-refractivity contribution < 1.29 is 4.74 Å². The van der Waals surface area contributed by atoms with Gasteiger partial charge in [-0.05, 0) is 83.9 Å². The topological polar surface area (TPSA) is 9.23 Å². The third kappa shape index (κ3) is 3.67. The second-order valence-corrected chi connectivity index (χ2v) is 16.9. The highest BCUT2D eigenvalue weighted by Gasteiger charge is 2.55. The third-order valence-electron chi connectivity index (χ3n) is 10.8. The summed E-state index contributed by atoms with van der Waals surface area (Å²) in [6.07, 6.45) is 8.41. The molecule has 178 valence electrons. The summed E-state index contributed by atoms with van der Waals surface area (Å²) < 4.78 is 5.95. The third-order valence-corrected chi connectivity index (χ3v) is 16.4. The highest BCUT2D eigenvalue weighted by Crippen LogP contribution is 2.61. The van der Waals surface area contributed by atoms with Crippen LogP contribution >= 0.6 is 0 Å². The fraction of sp³-hybridized carbons (Fsp3) is 0.613. The molecule has 33 heavy (non-hydrogen) atoms. The summed E-state index contributed by atoms with van der Waals surface area (Å²) in [5.41, 5.74) is 6.51. The molecule has 2 heteroatoms. The van der Waals surface area contributed by atoms with Crippen LogP contribution < -0.4 is 5.19 Å². The monoisotopic (exact) mass is 460 g/mol. The summed E-state index contributed by atoms with van der Waals surface area (Å²) in [6, 6.07) is 21.2. The summed E-state index contributed by atoms with van der Waals surface area (Å²) in [5.74, 6) is 2.47. The Hall–Kier alpha value is -1.38. The Balaban J connectivity index is 1.39. The second-order valence-electron chi connectivity index (χ2n) is 11.6. The van der Waals surface area contributed by atoms with Crippen LogP contribution in [0.2, 0.25) is 18.1 Å². The lowest BCUT2D eigenvalue weighted by atomic mass is 9.55. The Morgan fingerprint density at radius 1 is 0.879 bits per heavy atom. The van der Waals surface area contributed by atoms with E-state index >= 15 is 0 Å². The molecule has 0 amide bonds. The predicted molar refractivity (Wildman–Crippen MR) is 144 cm³/mol. The number of benzene rings is 2. The van der Waals surface area contributed by atoms with Gasteiger partial charge in [0.1, 0.15) is 0 Å². The van der Waals surface area contributed by atoms with Crippen molar-refractivity contribution in [2.24, 2.45) is 17.3 Å². The van der Waals surface area contributed by atoms with E-state index in [2.05, 4.69) is 70.2 Å². The molecule has 2 aromatic rings. The average Bonchev–Trinajstić information content (AvgIpc) is 3.21. The van der Waals surface area contributed by atoms with Crippen LogP contribution in [0.3, 0.4) is 0 Å². The fourth-order valence-corrected chi connectivity index (χ4v) is 12.1. The first-order chi connectivity index (χ1) is 16.0. The highest BCUT2D eigenvalue weighted by molar-refractivity contribution is 6.91. The molecule has 0 radical (unpaired) electrons. The maximum absolute atomic E-state index is 5.95. The van der Waals surface area contributed by atoms with Gasteiger partial charge in [-0.2, -0.15) is 0 Å². The largest absolute Gasteiger partial charge is 0.381 e. The molecule has 0 saturated heterocycles. The number of ether oxygens (including phenoxy) is 1. The minimum Gasteiger partial charge on any atom is -0.381 e. The molecule has 0 heterocycles. The van der Waals surface area contributed by atoms with Gasteiger partial charge in [0.25, 0.3) is 0 Å². The van der Waals surface area contributed by atoms with E-state index in [1.165, 1.54) is 67.8 Å². The highest BCUT2D eigenvalue weighted by atomic mass is 28.3. The maximum atomic E-state index is 5.95. The van der Waals surface area contributed by atoms with Crippen LogP contribution in [0.4, 0.5) is 0 Å². The standard InChI is InChI=1S/C31H44OSi/c1-6-33(7-2,8-3)25-13-9-22(10-14-25)23-11-15-26-24(21-23)12-16-28-27(26)19-20-31(4)29(28)17-18-30(31)32-5/h9-11,13-15,21,27-30H,6-8,12,16-20H2,1-5H3/t27-,28-,29+,30+,31+/m1/s1. The van der Waals surface area contributed by atoms with Crippen LogP contribution in [-0.2, 0) is 11.2 Å². The number of hydrogen-bond donors (Lipinski definition) is 0. The van der Waals surface area contributed by atoms with Crippen LogP contribution in [0.15, 0.2) is 42.5 Å². The quantitative estimate of drug-likeness (QED) is 0.398. The molecule has 0 aromatic heterocycles. The first kappa shape index (κ1) is 23.4. The summed E-state index contributed by atoms with van der Waals surface area (Å²) in [6.45, 7) is 9.74. The smallest absolute Gasteiger partial charge is 0.0859 e. The molecule has 5 rings (SSSR count). The molecular formula is C31H44OSi. The number of methoxy groups -OCH3 is 1. The van der Waals surface area contributed by atoms with Gasteiger partial charge in [-0.3, -0.25) is 0 Å². The summed E-state index contributed by atoms with van der Waals surface area (Å²) >= 11 is 0. The van der Waals surface area contributed by atoms with E-state index in [1.54, 1.807) is 16.3 Å². The summed E-state index contributed by atoms with van der Waals surface area (Å²) in [4.78, 5) is 0. The van der Waals surface area contributed by atoms with Gasteiger partial charge in [0.05, 0.1) is 14.2 Å². The van der Waals surface area contributed by atoms with Crippen molar-refractivity contribution in [2.45, 2.75) is 96.4 Å². The van der Waals surface area contributed by atoms with Gasteiger partial charge in [0.15, 0.2) is 0 Å². The second kappa shape index (κ2) is 9.00. The van der Waals surface area contributed by atoms with Crippen LogP contribution in [0.5, 0.6) is 0 Å². The molecule has 0 bridgehead atoms. The van der Waals surface area contributed by atoms with Gasteiger partial charge in [0, 0.05) is 7.11 Å². The van der Waals surface area contributed by atoms with Crippen molar-refractivity contribution in [3.05, 3.63) is 53.6 Å². The molecule has 0 aliphatic heterocycles. The Kier molecular flexibility index (Phi) is 6.37. The molecule has 5 atom stereocenters. The van der Waals surface area contributed by atoms with E-state index < -0.39 is 8.07 Å². The molecular weight excluding hydrogens is 416 g/mol. The Morgan fingerprint density at radius 2 is 1.58 bits per heavy atom.